The molecule has 3 aromatic carbocycles. The second-order valence-electron chi connectivity index (χ2n) is 11.5. The molecule has 0 spiro atoms. The third kappa shape index (κ3) is 6.69. The Bertz CT molecular complexity index is 1630. The molecule has 0 aliphatic carbocycles. The maximum atomic E-state index is 14.6. The second-order valence-corrected chi connectivity index (χ2v) is 11.5. The van der Waals surface area contributed by atoms with E-state index in [1.54, 1.807) is 35.2 Å². The Morgan fingerprint density at radius 3 is 2.24 bits per heavy atom. The van der Waals surface area contributed by atoms with E-state index in [0.29, 0.717) is 18.7 Å². The fourth-order valence-electron chi connectivity index (χ4n) is 5.94. The first-order valence-corrected chi connectivity index (χ1v) is 14.9. The number of nitrogens with zero attached hydrogens (tertiary/aromatic N) is 4. The standard InChI is InChI=1S/C35H36F3N5O3/c1-4-19-42-28-23-43(32(44)29(28)30(39-34(42)46)26-17-11-12-18-27(26)35(36,37)38)31(25-15-9-6-10-16-25)33(45)41(21-20-40(2)3)22-24-13-7-5-8-14-24/h4-18,30-31H,1,19-23H2,2-3H3,(H,39,46). The van der Waals surface area contributed by atoms with E-state index < -0.39 is 35.8 Å². The van der Waals surface area contributed by atoms with Gasteiger partial charge in [-0.25, -0.2) is 4.79 Å². The van der Waals surface area contributed by atoms with Gasteiger partial charge in [0, 0.05) is 26.2 Å². The van der Waals surface area contributed by atoms with Gasteiger partial charge in [0.05, 0.1) is 29.4 Å². The number of alkyl halides is 3. The molecule has 46 heavy (non-hydrogen) atoms. The maximum Gasteiger partial charge on any atom is 0.416 e. The van der Waals surface area contributed by atoms with Crippen molar-refractivity contribution in [2.75, 3.05) is 40.3 Å². The van der Waals surface area contributed by atoms with Crippen molar-refractivity contribution in [1.29, 1.82) is 0 Å². The summed E-state index contributed by atoms with van der Waals surface area (Å²) in [5.41, 5.74) is 0.488. The molecule has 0 radical (unpaired) electrons. The maximum absolute atomic E-state index is 14.6. The molecular formula is C35H36F3N5O3. The summed E-state index contributed by atoms with van der Waals surface area (Å²) in [5, 5.41) is 2.63. The molecule has 0 saturated heterocycles. The number of halogens is 3. The molecule has 2 aliphatic rings. The Hall–Kier alpha value is -4.90. The minimum atomic E-state index is -4.73. The van der Waals surface area contributed by atoms with Gasteiger partial charge in [0.2, 0.25) is 5.91 Å². The summed E-state index contributed by atoms with van der Waals surface area (Å²) in [6, 6.07) is 20.1. The lowest BCUT2D eigenvalue weighted by Crippen LogP contribution is -2.47. The first-order chi connectivity index (χ1) is 22.0. The monoisotopic (exact) mass is 631 g/mol. The molecule has 11 heteroatoms. The summed E-state index contributed by atoms with van der Waals surface area (Å²) < 4.78 is 42.5. The second kappa shape index (κ2) is 13.6. The Morgan fingerprint density at radius 1 is 0.978 bits per heavy atom. The average Bonchev–Trinajstić information content (AvgIpc) is 3.37. The summed E-state index contributed by atoms with van der Waals surface area (Å²) in [7, 11) is 3.80. The lowest BCUT2D eigenvalue weighted by atomic mass is 9.91. The van der Waals surface area contributed by atoms with Crippen LogP contribution in [-0.4, -0.2) is 77.7 Å². The normalized spacial score (nSPS) is 17.2. The van der Waals surface area contributed by atoms with Gasteiger partial charge < -0.3 is 20.0 Å². The lowest BCUT2D eigenvalue weighted by molar-refractivity contribution is -0.144. The molecule has 3 aromatic rings. The Labute approximate surface area is 266 Å². The van der Waals surface area contributed by atoms with Gasteiger partial charge in [-0.3, -0.25) is 14.5 Å². The Morgan fingerprint density at radius 2 is 1.61 bits per heavy atom. The smallest absolute Gasteiger partial charge is 0.335 e. The summed E-state index contributed by atoms with van der Waals surface area (Å²) in [6.07, 6.45) is -3.25. The quantitative estimate of drug-likeness (QED) is 0.288. The van der Waals surface area contributed by atoms with Crippen LogP contribution in [0.2, 0.25) is 0 Å². The third-order valence-corrected chi connectivity index (χ3v) is 8.14. The number of rotatable bonds is 11. The van der Waals surface area contributed by atoms with Gasteiger partial charge in [-0.2, -0.15) is 13.2 Å². The van der Waals surface area contributed by atoms with E-state index in [9.17, 15) is 27.6 Å². The van der Waals surface area contributed by atoms with Crippen LogP contribution in [0.15, 0.2) is 109 Å². The average molecular weight is 632 g/mol. The van der Waals surface area contributed by atoms with Crippen LogP contribution in [0.1, 0.15) is 34.3 Å². The molecule has 0 fully saturated rings. The molecule has 2 unspecified atom stereocenters. The van der Waals surface area contributed by atoms with Gasteiger partial charge >= 0.3 is 12.2 Å². The van der Waals surface area contributed by atoms with Crippen LogP contribution in [0.5, 0.6) is 0 Å². The van der Waals surface area contributed by atoms with Crippen molar-refractivity contribution in [1.82, 2.24) is 24.9 Å². The molecule has 2 atom stereocenters. The van der Waals surface area contributed by atoms with Crippen molar-refractivity contribution in [2.24, 2.45) is 0 Å². The van der Waals surface area contributed by atoms with Crippen LogP contribution in [0.4, 0.5) is 18.0 Å². The van der Waals surface area contributed by atoms with Crippen LogP contribution in [-0.2, 0) is 22.3 Å². The zero-order valence-corrected chi connectivity index (χ0v) is 25.7. The number of carbonyl (C=O) groups excluding carboxylic acids is 3. The van der Waals surface area contributed by atoms with E-state index in [1.165, 1.54) is 34.1 Å². The zero-order chi connectivity index (χ0) is 33.0. The van der Waals surface area contributed by atoms with Crippen molar-refractivity contribution in [3.8, 4) is 0 Å². The summed E-state index contributed by atoms with van der Waals surface area (Å²) in [5.74, 6) is -0.965. The van der Waals surface area contributed by atoms with Crippen molar-refractivity contribution in [2.45, 2.75) is 24.8 Å². The summed E-state index contributed by atoms with van der Waals surface area (Å²) >= 11 is 0. The van der Waals surface area contributed by atoms with Crippen LogP contribution >= 0.6 is 0 Å². The SMILES string of the molecule is C=CCN1C(=O)NC(c2ccccc2C(F)(F)F)C2=C1CN(C(C(=O)N(CCN(C)C)Cc1ccccc1)c1ccccc1)C2=O. The minimum Gasteiger partial charge on any atom is -0.335 e. The van der Waals surface area contributed by atoms with Crippen LogP contribution < -0.4 is 5.32 Å². The number of amides is 4. The summed E-state index contributed by atoms with van der Waals surface area (Å²) in [4.78, 5) is 48.8. The first kappa shape index (κ1) is 32.5. The highest BCUT2D eigenvalue weighted by atomic mass is 19.4. The van der Waals surface area contributed by atoms with Crippen LogP contribution in [0.25, 0.3) is 0 Å². The van der Waals surface area contributed by atoms with Crippen molar-refractivity contribution in [3.63, 3.8) is 0 Å². The molecule has 2 aliphatic heterocycles. The highest BCUT2D eigenvalue weighted by molar-refractivity contribution is 6.04. The lowest BCUT2D eigenvalue weighted by Gasteiger charge is -2.34. The number of nitrogens with one attached hydrogen (secondary N) is 1. The topological polar surface area (TPSA) is 76.2 Å². The Kier molecular flexibility index (Phi) is 9.62. The molecule has 2 heterocycles. The van der Waals surface area contributed by atoms with Crippen LogP contribution in [0.3, 0.4) is 0 Å². The zero-order valence-electron chi connectivity index (χ0n) is 25.7. The highest BCUT2D eigenvalue weighted by Gasteiger charge is 2.49. The third-order valence-electron chi connectivity index (χ3n) is 8.14. The predicted molar refractivity (Wildman–Crippen MR) is 168 cm³/mol. The molecular weight excluding hydrogens is 595 g/mol. The van der Waals surface area contributed by atoms with Crippen molar-refractivity contribution < 1.29 is 27.6 Å². The minimum absolute atomic E-state index is 0.00483. The molecule has 0 aromatic heterocycles. The van der Waals surface area contributed by atoms with Gasteiger partial charge in [-0.05, 0) is 36.9 Å². The van der Waals surface area contributed by atoms with E-state index in [1.807, 2.05) is 49.3 Å². The van der Waals surface area contributed by atoms with Gasteiger partial charge in [0.15, 0.2) is 0 Å². The van der Waals surface area contributed by atoms with Crippen molar-refractivity contribution >= 4 is 17.8 Å². The van der Waals surface area contributed by atoms with E-state index in [0.717, 1.165) is 11.6 Å². The van der Waals surface area contributed by atoms with Gasteiger partial charge in [0.25, 0.3) is 5.91 Å². The predicted octanol–water partition coefficient (Wildman–Crippen LogP) is 5.39. The number of hydrogen-bond donors (Lipinski definition) is 1. The molecule has 8 nitrogen and oxygen atoms in total. The molecule has 5 rings (SSSR count). The van der Waals surface area contributed by atoms with Gasteiger partial charge in [0.1, 0.15) is 6.04 Å². The fraction of sp³-hybridized carbons (Fsp3) is 0.286. The van der Waals surface area contributed by atoms with Gasteiger partial charge in [-0.15, -0.1) is 6.58 Å². The van der Waals surface area contributed by atoms with E-state index in [4.69, 9.17) is 0 Å². The molecule has 0 bridgehead atoms. The number of carbonyl (C=O) groups is 3. The van der Waals surface area contributed by atoms with Gasteiger partial charge in [-0.1, -0.05) is 84.9 Å². The fourth-order valence-corrected chi connectivity index (χ4v) is 5.94. The van der Waals surface area contributed by atoms with Crippen LogP contribution in [0, 0.1) is 0 Å². The van der Waals surface area contributed by atoms with E-state index in [-0.39, 0.29) is 42.4 Å². The molecule has 0 saturated carbocycles. The molecule has 240 valence electrons. The first-order valence-electron chi connectivity index (χ1n) is 14.9. The number of likely N-dealkylation sites (N-methyl/N-ethyl adjacent to an activating group) is 1. The number of urea groups is 1. The Balaban J connectivity index is 1.60. The molecule has 1 N–H and O–H groups in total. The number of hydrogen-bond acceptors (Lipinski definition) is 4. The number of benzene rings is 3. The highest BCUT2D eigenvalue weighted by Crippen LogP contribution is 2.43. The largest absolute Gasteiger partial charge is 0.416 e. The summed E-state index contributed by atoms with van der Waals surface area (Å²) in [6.45, 7) is 4.80. The van der Waals surface area contributed by atoms with E-state index in [2.05, 4.69) is 11.9 Å². The van der Waals surface area contributed by atoms with E-state index >= 15 is 0 Å². The van der Waals surface area contributed by atoms with Crippen molar-refractivity contribution in [3.05, 3.63) is 131 Å². The molecule has 4 amide bonds.